The minimum absolute atomic E-state index is 0.0614. The van der Waals surface area contributed by atoms with Gasteiger partial charge in [-0.15, -0.1) is 0 Å². The minimum atomic E-state index is -0.0614. The zero-order chi connectivity index (χ0) is 9.42. The largest absolute Gasteiger partial charge is 0.465 e. The second-order valence-corrected chi connectivity index (χ2v) is 3.43. The number of hydrogen-bond donors (Lipinski definition) is 0. The lowest BCUT2D eigenvalue weighted by Crippen LogP contribution is -2.25. The first kappa shape index (κ1) is 8.30. The Balaban J connectivity index is 2.42. The molecule has 0 N–H and O–H groups in total. The van der Waals surface area contributed by atoms with E-state index in [1.807, 2.05) is 32.1 Å². The predicted molar refractivity (Wildman–Crippen MR) is 49.8 cm³/mol. The third-order valence-electron chi connectivity index (χ3n) is 2.60. The molecule has 68 valence electrons. The first-order chi connectivity index (χ1) is 6.20. The van der Waals surface area contributed by atoms with Crippen LogP contribution in [0.5, 0.6) is 0 Å². The highest BCUT2D eigenvalue weighted by molar-refractivity contribution is 5.99. The molecule has 2 rings (SSSR count). The molecule has 13 heavy (non-hydrogen) atoms. The molecule has 2 aliphatic rings. The van der Waals surface area contributed by atoms with Gasteiger partial charge in [0.2, 0.25) is 0 Å². The lowest BCUT2D eigenvalue weighted by Gasteiger charge is -2.26. The summed E-state index contributed by atoms with van der Waals surface area (Å²) in [6.45, 7) is 3.66. The van der Waals surface area contributed by atoms with E-state index in [0.29, 0.717) is 0 Å². The molecule has 0 saturated carbocycles. The summed E-state index contributed by atoms with van der Waals surface area (Å²) in [7, 11) is 0. The van der Waals surface area contributed by atoms with Crippen molar-refractivity contribution in [2.45, 2.75) is 20.3 Å². The lowest BCUT2D eigenvalue weighted by molar-refractivity contribution is -0.120. The van der Waals surface area contributed by atoms with Gasteiger partial charge in [0.05, 0.1) is 5.92 Å². The first-order valence-electron chi connectivity index (χ1n) is 4.46. The summed E-state index contributed by atoms with van der Waals surface area (Å²) >= 11 is 0. The van der Waals surface area contributed by atoms with Crippen LogP contribution in [0.2, 0.25) is 0 Å². The summed E-state index contributed by atoms with van der Waals surface area (Å²) in [6.07, 6.45) is 6.59. The van der Waals surface area contributed by atoms with Crippen LogP contribution in [0.3, 0.4) is 0 Å². The highest BCUT2D eigenvalue weighted by atomic mass is 16.5. The molecule has 0 radical (unpaired) electrons. The Hall–Kier alpha value is -1.31. The predicted octanol–water partition coefficient (Wildman–Crippen LogP) is 2.34. The van der Waals surface area contributed by atoms with E-state index in [2.05, 4.69) is 0 Å². The summed E-state index contributed by atoms with van der Waals surface area (Å²) in [5.41, 5.74) is 0.762. The van der Waals surface area contributed by atoms with Gasteiger partial charge in [0.25, 0.3) is 0 Å². The average molecular weight is 176 g/mol. The third kappa shape index (κ3) is 1.22. The number of ketones is 1. The standard InChI is InChI=1S/C11H12O2/c1-7-8(2)13-10-6-4-3-5-9(10)11(7)12/h3-4,6,9H,5H2,1-2H3. The quantitative estimate of drug-likeness (QED) is 0.566. The fraction of sp³-hybridized carbons (Fsp3) is 0.364. The number of carbonyl (C=O) groups excluding carboxylic acids is 1. The second kappa shape index (κ2) is 2.87. The van der Waals surface area contributed by atoms with Gasteiger partial charge in [0, 0.05) is 5.57 Å². The highest BCUT2D eigenvalue weighted by Gasteiger charge is 2.31. The molecule has 0 fully saturated rings. The van der Waals surface area contributed by atoms with Crippen molar-refractivity contribution in [3.8, 4) is 0 Å². The number of fused-ring (bicyclic) bond motifs is 1. The molecule has 2 heteroatoms. The van der Waals surface area contributed by atoms with E-state index < -0.39 is 0 Å². The summed E-state index contributed by atoms with van der Waals surface area (Å²) in [5.74, 6) is 1.69. The van der Waals surface area contributed by atoms with Gasteiger partial charge in [0.15, 0.2) is 5.78 Å². The molecule has 0 aromatic rings. The smallest absolute Gasteiger partial charge is 0.172 e. The Labute approximate surface area is 77.6 Å². The maximum absolute atomic E-state index is 11.8. The SMILES string of the molecule is CC1=C(C)C(=O)C2CC=CC=C2O1. The maximum Gasteiger partial charge on any atom is 0.172 e. The molecule has 1 heterocycles. The van der Waals surface area contributed by atoms with Crippen LogP contribution in [0.15, 0.2) is 35.3 Å². The van der Waals surface area contributed by atoms with Gasteiger partial charge in [-0.25, -0.2) is 0 Å². The molecular formula is C11H12O2. The third-order valence-corrected chi connectivity index (χ3v) is 2.60. The van der Waals surface area contributed by atoms with Crippen molar-refractivity contribution in [1.29, 1.82) is 0 Å². The van der Waals surface area contributed by atoms with Crippen molar-refractivity contribution in [3.05, 3.63) is 35.3 Å². The zero-order valence-electron chi connectivity index (χ0n) is 7.83. The number of Topliss-reactive ketones (excluding diaryl/α,β-unsaturated/α-hetero) is 1. The van der Waals surface area contributed by atoms with E-state index in [0.717, 1.165) is 23.5 Å². The van der Waals surface area contributed by atoms with Crippen molar-refractivity contribution in [2.75, 3.05) is 0 Å². The molecule has 1 aliphatic heterocycles. The number of hydrogen-bond acceptors (Lipinski definition) is 2. The Bertz CT molecular complexity index is 345. The van der Waals surface area contributed by atoms with Crippen LogP contribution in [0, 0.1) is 5.92 Å². The molecular weight excluding hydrogens is 164 g/mol. The van der Waals surface area contributed by atoms with Gasteiger partial charge in [-0.1, -0.05) is 12.2 Å². The molecule has 0 amide bonds. The summed E-state index contributed by atoms with van der Waals surface area (Å²) < 4.78 is 5.54. The Morgan fingerprint density at radius 1 is 1.46 bits per heavy atom. The monoisotopic (exact) mass is 176 g/mol. The number of ether oxygens (including phenoxy) is 1. The Kier molecular flexibility index (Phi) is 1.83. The maximum atomic E-state index is 11.8. The van der Waals surface area contributed by atoms with Crippen molar-refractivity contribution in [2.24, 2.45) is 5.92 Å². The first-order valence-corrected chi connectivity index (χ1v) is 4.46. The van der Waals surface area contributed by atoms with Crippen LogP contribution in [0.4, 0.5) is 0 Å². The van der Waals surface area contributed by atoms with Gasteiger partial charge in [-0.3, -0.25) is 4.79 Å². The van der Waals surface area contributed by atoms with Crippen LogP contribution >= 0.6 is 0 Å². The normalized spacial score (nSPS) is 26.8. The summed E-state index contributed by atoms with van der Waals surface area (Å²) in [5, 5.41) is 0. The van der Waals surface area contributed by atoms with E-state index in [4.69, 9.17) is 4.74 Å². The van der Waals surface area contributed by atoms with Gasteiger partial charge >= 0.3 is 0 Å². The summed E-state index contributed by atoms with van der Waals surface area (Å²) in [4.78, 5) is 11.8. The van der Waals surface area contributed by atoms with E-state index in [1.165, 1.54) is 0 Å². The number of allylic oxidation sites excluding steroid dienone is 6. The molecule has 1 unspecified atom stereocenters. The van der Waals surface area contributed by atoms with E-state index in [1.54, 1.807) is 0 Å². The van der Waals surface area contributed by atoms with Crippen LogP contribution in [0.1, 0.15) is 20.3 Å². The molecule has 1 aliphatic carbocycles. The van der Waals surface area contributed by atoms with E-state index in [-0.39, 0.29) is 11.7 Å². The van der Waals surface area contributed by atoms with Crippen LogP contribution < -0.4 is 0 Å². The zero-order valence-corrected chi connectivity index (χ0v) is 7.83. The van der Waals surface area contributed by atoms with Crippen molar-refractivity contribution < 1.29 is 9.53 Å². The van der Waals surface area contributed by atoms with Crippen LogP contribution in [-0.4, -0.2) is 5.78 Å². The van der Waals surface area contributed by atoms with Crippen molar-refractivity contribution in [1.82, 2.24) is 0 Å². The Morgan fingerprint density at radius 3 is 3.00 bits per heavy atom. The van der Waals surface area contributed by atoms with Crippen LogP contribution in [-0.2, 0) is 9.53 Å². The van der Waals surface area contributed by atoms with Gasteiger partial charge in [0.1, 0.15) is 11.5 Å². The molecule has 0 saturated heterocycles. The molecule has 0 spiro atoms. The van der Waals surface area contributed by atoms with Gasteiger partial charge < -0.3 is 4.74 Å². The Morgan fingerprint density at radius 2 is 2.23 bits per heavy atom. The molecule has 0 bridgehead atoms. The van der Waals surface area contributed by atoms with E-state index >= 15 is 0 Å². The second-order valence-electron chi connectivity index (χ2n) is 3.43. The van der Waals surface area contributed by atoms with Gasteiger partial charge in [-0.2, -0.15) is 0 Å². The molecule has 1 atom stereocenters. The average Bonchev–Trinajstić information content (AvgIpc) is 2.15. The fourth-order valence-electron chi connectivity index (χ4n) is 1.64. The fourth-order valence-corrected chi connectivity index (χ4v) is 1.64. The minimum Gasteiger partial charge on any atom is -0.465 e. The van der Waals surface area contributed by atoms with E-state index in [9.17, 15) is 4.79 Å². The van der Waals surface area contributed by atoms with Crippen molar-refractivity contribution in [3.63, 3.8) is 0 Å². The number of carbonyl (C=O) groups is 1. The molecule has 0 aromatic heterocycles. The topological polar surface area (TPSA) is 26.3 Å². The van der Waals surface area contributed by atoms with Gasteiger partial charge in [-0.05, 0) is 26.3 Å². The van der Waals surface area contributed by atoms with Crippen molar-refractivity contribution >= 4 is 5.78 Å². The molecule has 0 aromatic carbocycles. The molecule has 2 nitrogen and oxygen atoms in total. The number of rotatable bonds is 0. The lowest BCUT2D eigenvalue weighted by atomic mass is 9.88. The van der Waals surface area contributed by atoms with Crippen LogP contribution in [0.25, 0.3) is 0 Å². The summed E-state index contributed by atoms with van der Waals surface area (Å²) in [6, 6.07) is 0. The highest BCUT2D eigenvalue weighted by Crippen LogP contribution is 2.32.